The van der Waals surface area contributed by atoms with Gasteiger partial charge in [-0.3, -0.25) is 23.5 Å². The van der Waals surface area contributed by atoms with Crippen LogP contribution in [0.15, 0.2) is 53.4 Å². The summed E-state index contributed by atoms with van der Waals surface area (Å²) in [4.78, 5) is 39.6. The van der Waals surface area contributed by atoms with Gasteiger partial charge in [0.15, 0.2) is 0 Å². The molecule has 0 atom stereocenters. The van der Waals surface area contributed by atoms with Gasteiger partial charge >= 0.3 is 0 Å². The molecule has 4 rings (SSSR count). The summed E-state index contributed by atoms with van der Waals surface area (Å²) in [5, 5.41) is 5.37. The lowest BCUT2D eigenvalue weighted by Gasteiger charge is -2.17. The summed E-state index contributed by atoms with van der Waals surface area (Å²) >= 11 is 6.10. The number of aryl methyl sites for hydroxylation is 1. The van der Waals surface area contributed by atoms with Crippen LogP contribution in [-0.2, 0) is 25.2 Å². The number of hydrogen-bond acceptors (Lipinski definition) is 6. The molecule has 2 N–H and O–H groups in total. The van der Waals surface area contributed by atoms with E-state index < -0.39 is 10.8 Å². The molecule has 0 saturated carbocycles. The van der Waals surface area contributed by atoms with Crippen molar-refractivity contribution >= 4 is 73.8 Å². The second-order valence-electron chi connectivity index (χ2n) is 7.06. The summed E-state index contributed by atoms with van der Waals surface area (Å²) in [6.45, 7) is 1.74. The monoisotopic (exact) mass is 487 g/mol. The number of rotatable bonds is 3. The topological polar surface area (TPSA) is 95.6 Å². The van der Waals surface area contributed by atoms with Crippen LogP contribution in [0.1, 0.15) is 11.1 Å². The summed E-state index contributed by atoms with van der Waals surface area (Å²) in [6, 6.07) is 14.5. The molecule has 32 heavy (non-hydrogen) atoms. The Morgan fingerprint density at radius 1 is 1.12 bits per heavy atom. The molecule has 1 fully saturated rings. The first-order valence-corrected chi connectivity index (χ1v) is 12.7. The van der Waals surface area contributed by atoms with Gasteiger partial charge in [-0.2, -0.15) is 0 Å². The highest BCUT2D eigenvalue weighted by molar-refractivity contribution is 8.27. The Kier molecular flexibility index (Phi) is 7.60. The number of thioether (sulfide) groups is 1. The van der Waals surface area contributed by atoms with Crippen molar-refractivity contribution < 1.29 is 18.6 Å². The van der Waals surface area contributed by atoms with Crippen LogP contribution in [0.3, 0.4) is 0 Å². The first-order chi connectivity index (χ1) is 15.2. The van der Waals surface area contributed by atoms with Crippen molar-refractivity contribution in [1.82, 2.24) is 5.32 Å². The second-order valence-corrected chi connectivity index (χ2v) is 10.2. The summed E-state index contributed by atoms with van der Waals surface area (Å²) in [5.41, 5.74) is 3.13. The number of carbonyl (C=O) groups excluding carboxylic acids is 3. The van der Waals surface area contributed by atoms with E-state index in [-0.39, 0.29) is 34.7 Å². The smallest absolute Gasteiger partial charge is 0.264 e. The third-order valence-corrected chi connectivity index (χ3v) is 5.72. The minimum atomic E-state index is -0.611. The van der Waals surface area contributed by atoms with Crippen molar-refractivity contribution in [3.05, 3.63) is 64.6 Å². The average molecular weight is 488 g/mol. The summed E-state index contributed by atoms with van der Waals surface area (Å²) < 4.78 is 9.87. The molecule has 2 aromatic carbocycles. The quantitative estimate of drug-likeness (QED) is 0.511. The maximum atomic E-state index is 13.1. The van der Waals surface area contributed by atoms with Gasteiger partial charge in [-0.05, 0) is 24.6 Å². The molecule has 0 unspecified atom stereocenters. The van der Waals surface area contributed by atoms with Crippen LogP contribution in [0.4, 0.5) is 11.4 Å². The minimum absolute atomic E-state index is 0.155. The van der Waals surface area contributed by atoms with Gasteiger partial charge in [-0.1, -0.05) is 60.4 Å². The number of nitrogens with one attached hydrogen (secondary N) is 2. The van der Waals surface area contributed by atoms with E-state index in [1.54, 1.807) is 42.8 Å². The fourth-order valence-corrected chi connectivity index (χ4v) is 4.30. The zero-order valence-electron chi connectivity index (χ0n) is 17.6. The highest BCUT2D eigenvalue weighted by atomic mass is 32.2. The van der Waals surface area contributed by atoms with E-state index in [9.17, 15) is 18.6 Å². The highest BCUT2D eigenvalue weighted by Crippen LogP contribution is 2.42. The van der Waals surface area contributed by atoms with E-state index in [4.69, 9.17) is 12.2 Å². The summed E-state index contributed by atoms with van der Waals surface area (Å²) in [5.74, 6) is -1.09. The third kappa shape index (κ3) is 5.32. The molecule has 2 aromatic rings. The number of thiocarbonyl (C=S) groups is 1. The Morgan fingerprint density at radius 3 is 2.38 bits per heavy atom. The van der Waals surface area contributed by atoms with E-state index in [1.807, 2.05) is 25.1 Å². The van der Waals surface area contributed by atoms with Crippen LogP contribution in [0.25, 0.3) is 5.57 Å². The number of hydrogen-bond donors (Lipinski definition) is 2. The van der Waals surface area contributed by atoms with E-state index in [1.165, 1.54) is 4.90 Å². The molecule has 0 radical (unpaired) electrons. The van der Waals surface area contributed by atoms with Crippen molar-refractivity contribution in [2.45, 2.75) is 6.92 Å². The Morgan fingerprint density at radius 2 is 1.75 bits per heavy atom. The molecule has 7 nitrogen and oxygen atoms in total. The molecule has 0 aliphatic carbocycles. The van der Waals surface area contributed by atoms with E-state index in [0.717, 1.165) is 17.3 Å². The Hall–Kier alpha value is -2.82. The van der Waals surface area contributed by atoms with Gasteiger partial charge in [0, 0.05) is 34.6 Å². The Balaban J connectivity index is 0.000000668. The van der Waals surface area contributed by atoms with Gasteiger partial charge < -0.3 is 10.6 Å². The first-order valence-electron chi connectivity index (χ1n) is 9.48. The molecule has 0 bridgehead atoms. The zero-order valence-corrected chi connectivity index (χ0v) is 20.1. The van der Waals surface area contributed by atoms with Crippen LogP contribution in [0, 0.1) is 6.92 Å². The number of para-hydroxylation sites is 2. The van der Waals surface area contributed by atoms with Crippen molar-refractivity contribution in [3.63, 3.8) is 0 Å². The lowest BCUT2D eigenvalue weighted by molar-refractivity contribution is -0.118. The van der Waals surface area contributed by atoms with Gasteiger partial charge in [0.05, 0.1) is 16.2 Å². The fourth-order valence-electron chi connectivity index (χ4n) is 3.18. The molecule has 2 aliphatic rings. The Labute approximate surface area is 198 Å². The zero-order chi connectivity index (χ0) is 23.4. The number of fused-ring (bicyclic) bond motifs is 1. The lowest BCUT2D eigenvalue weighted by Crippen LogP contribution is -2.35. The fraction of sp³-hybridized carbons (Fsp3) is 0.182. The van der Waals surface area contributed by atoms with Crippen LogP contribution in [0.2, 0.25) is 0 Å². The van der Waals surface area contributed by atoms with Gasteiger partial charge in [-0.15, -0.1) is 0 Å². The van der Waals surface area contributed by atoms with Gasteiger partial charge in [0.2, 0.25) is 5.91 Å². The number of benzene rings is 2. The predicted molar refractivity (Wildman–Crippen MR) is 134 cm³/mol. The van der Waals surface area contributed by atoms with Gasteiger partial charge in [0.25, 0.3) is 11.8 Å². The number of anilines is 2. The average Bonchev–Trinajstić information content (AvgIpc) is 3.19. The van der Waals surface area contributed by atoms with Crippen LogP contribution < -0.4 is 15.5 Å². The SMILES string of the molecule is CS(C)=O.Cc1ccccc1NC(=O)CN1C(=O)/C(=C2\SC(=S)NC2=O)c2ccccc21. The van der Waals surface area contributed by atoms with Gasteiger partial charge in [-0.25, -0.2) is 0 Å². The largest absolute Gasteiger partial charge is 0.324 e. The molecule has 2 heterocycles. The Bertz CT molecular complexity index is 1170. The van der Waals surface area contributed by atoms with Crippen LogP contribution >= 0.6 is 24.0 Å². The maximum Gasteiger partial charge on any atom is 0.264 e. The van der Waals surface area contributed by atoms with Crippen molar-refractivity contribution in [2.24, 2.45) is 0 Å². The van der Waals surface area contributed by atoms with Crippen molar-refractivity contribution in [1.29, 1.82) is 0 Å². The number of nitrogens with zero attached hydrogens (tertiary/aromatic N) is 1. The number of amides is 3. The van der Waals surface area contributed by atoms with Crippen molar-refractivity contribution in [3.8, 4) is 0 Å². The molecule has 2 aliphatic heterocycles. The van der Waals surface area contributed by atoms with Crippen LogP contribution in [0.5, 0.6) is 0 Å². The molecule has 3 amide bonds. The molecule has 0 aromatic heterocycles. The van der Waals surface area contributed by atoms with E-state index >= 15 is 0 Å². The number of carbonyl (C=O) groups is 3. The molecule has 0 spiro atoms. The van der Waals surface area contributed by atoms with Gasteiger partial charge in [0.1, 0.15) is 10.9 Å². The normalized spacial score (nSPS) is 17.1. The van der Waals surface area contributed by atoms with E-state index in [2.05, 4.69) is 10.6 Å². The molecule has 166 valence electrons. The van der Waals surface area contributed by atoms with Crippen molar-refractivity contribution in [2.75, 3.05) is 29.3 Å². The standard InChI is InChI=1S/C20H15N3O3S2.C2H6OS/c1-11-6-2-4-8-13(11)21-15(24)10-23-14-9-5-3-7-12(14)16(19(23)26)17-18(25)22-20(27)28-17;1-4(2)3/h2-9H,10H2,1H3,(H,21,24)(H,22,25,27);1-2H3/b17-16-;. The summed E-state index contributed by atoms with van der Waals surface area (Å²) in [7, 11) is -0.611. The summed E-state index contributed by atoms with van der Waals surface area (Å²) in [6.07, 6.45) is 3.28. The first kappa shape index (κ1) is 23.8. The molecular weight excluding hydrogens is 466 g/mol. The molecule has 10 heteroatoms. The lowest BCUT2D eigenvalue weighted by atomic mass is 10.1. The molecular formula is C22H21N3O4S3. The third-order valence-electron chi connectivity index (χ3n) is 4.49. The predicted octanol–water partition coefficient (Wildman–Crippen LogP) is 2.83. The molecule has 1 saturated heterocycles. The van der Waals surface area contributed by atoms with E-state index in [0.29, 0.717) is 21.3 Å². The maximum absolute atomic E-state index is 13.1. The minimum Gasteiger partial charge on any atom is -0.324 e. The highest BCUT2D eigenvalue weighted by Gasteiger charge is 2.39. The van der Waals surface area contributed by atoms with Crippen LogP contribution in [-0.4, -0.2) is 45.3 Å². The second kappa shape index (κ2) is 10.2.